The number of hydrogen-bond acceptors (Lipinski definition) is 8. The summed E-state index contributed by atoms with van der Waals surface area (Å²) in [7, 11) is 4.85. The zero-order valence-corrected chi connectivity index (χ0v) is 21.8. The second-order valence-corrected chi connectivity index (χ2v) is 8.76. The van der Waals surface area contributed by atoms with Crippen molar-refractivity contribution in [3.05, 3.63) is 78.4 Å². The van der Waals surface area contributed by atoms with Gasteiger partial charge in [0.2, 0.25) is 0 Å². The van der Waals surface area contributed by atoms with E-state index >= 15 is 0 Å². The van der Waals surface area contributed by atoms with Crippen molar-refractivity contribution in [3.8, 4) is 34.3 Å². The van der Waals surface area contributed by atoms with Gasteiger partial charge in [-0.1, -0.05) is 23.9 Å². The molecule has 0 saturated heterocycles. The van der Waals surface area contributed by atoms with Crippen LogP contribution in [0, 0.1) is 0 Å². The van der Waals surface area contributed by atoms with Crippen molar-refractivity contribution in [1.29, 1.82) is 0 Å². The second kappa shape index (κ2) is 12.1. The van der Waals surface area contributed by atoms with Gasteiger partial charge in [0.1, 0.15) is 17.2 Å². The van der Waals surface area contributed by atoms with E-state index in [1.807, 2.05) is 84.3 Å². The number of carbonyl (C=O) groups excluding carboxylic acids is 1. The van der Waals surface area contributed by atoms with Crippen LogP contribution < -0.4 is 19.6 Å². The van der Waals surface area contributed by atoms with E-state index in [9.17, 15) is 4.79 Å². The first-order valence-corrected chi connectivity index (χ1v) is 12.4. The van der Waals surface area contributed by atoms with Gasteiger partial charge in [0, 0.05) is 16.8 Å². The van der Waals surface area contributed by atoms with Crippen LogP contribution in [-0.4, -0.2) is 53.5 Å². The number of rotatable bonds is 10. The molecule has 1 aromatic heterocycles. The molecule has 3 aromatic carbocycles. The van der Waals surface area contributed by atoms with Gasteiger partial charge in [-0.05, 0) is 67.6 Å². The van der Waals surface area contributed by atoms with Crippen LogP contribution >= 0.6 is 11.8 Å². The molecule has 0 bridgehead atoms. The Hall–Kier alpha value is -4.31. The summed E-state index contributed by atoms with van der Waals surface area (Å²) in [6.07, 6.45) is 0. The third-order valence-electron chi connectivity index (χ3n) is 5.48. The number of methoxy groups -OCH3 is 3. The van der Waals surface area contributed by atoms with E-state index < -0.39 is 0 Å². The zero-order valence-electron chi connectivity index (χ0n) is 21.0. The highest BCUT2D eigenvalue weighted by Gasteiger charge is 2.18. The molecule has 0 unspecified atom stereocenters. The maximum Gasteiger partial charge on any atom is 0.250 e. The van der Waals surface area contributed by atoms with Gasteiger partial charge in [-0.25, -0.2) is 5.43 Å². The molecule has 0 atom stereocenters. The molecule has 1 N–H and O–H groups in total. The van der Waals surface area contributed by atoms with Gasteiger partial charge in [-0.2, -0.15) is 5.10 Å². The highest BCUT2D eigenvalue weighted by atomic mass is 32.2. The number of benzene rings is 3. The van der Waals surface area contributed by atoms with Gasteiger partial charge in [0.05, 0.1) is 32.8 Å². The highest BCUT2D eigenvalue weighted by molar-refractivity contribution is 7.99. The summed E-state index contributed by atoms with van der Waals surface area (Å²) >= 11 is 1.27. The second-order valence-electron chi connectivity index (χ2n) is 7.82. The number of hydrazone groups is 1. The van der Waals surface area contributed by atoms with Crippen LogP contribution in [-0.2, 0) is 4.79 Å². The smallest absolute Gasteiger partial charge is 0.250 e. The Morgan fingerprint density at radius 1 is 0.892 bits per heavy atom. The topological polar surface area (TPSA) is 99.9 Å². The van der Waals surface area contributed by atoms with Gasteiger partial charge in [-0.3, -0.25) is 9.36 Å². The minimum Gasteiger partial charge on any atom is -0.497 e. The van der Waals surface area contributed by atoms with E-state index in [1.54, 1.807) is 21.3 Å². The van der Waals surface area contributed by atoms with Crippen LogP contribution in [0.25, 0.3) is 17.1 Å². The summed E-state index contributed by atoms with van der Waals surface area (Å²) in [6.45, 7) is 1.82. The van der Waals surface area contributed by atoms with Crippen molar-refractivity contribution in [2.45, 2.75) is 12.1 Å². The molecule has 0 saturated carbocycles. The molecule has 190 valence electrons. The average Bonchev–Trinajstić information content (AvgIpc) is 3.38. The van der Waals surface area contributed by atoms with Crippen LogP contribution in [0.1, 0.15) is 12.5 Å². The number of nitrogens with one attached hydrogen (secondary N) is 1. The molecule has 0 aliphatic rings. The summed E-state index contributed by atoms with van der Waals surface area (Å²) in [5.41, 5.74) is 5.84. The maximum atomic E-state index is 12.6. The number of nitrogens with zero attached hydrogens (tertiary/aromatic N) is 4. The number of ether oxygens (including phenoxy) is 3. The van der Waals surface area contributed by atoms with Crippen molar-refractivity contribution in [2.24, 2.45) is 5.10 Å². The number of carbonyl (C=O) groups is 1. The molecule has 4 rings (SSSR count). The molecule has 1 heterocycles. The number of aromatic nitrogens is 3. The van der Waals surface area contributed by atoms with Crippen LogP contribution in [0.3, 0.4) is 0 Å². The molecule has 0 spiro atoms. The summed E-state index contributed by atoms with van der Waals surface area (Å²) in [5.74, 6) is 2.69. The van der Waals surface area contributed by atoms with E-state index in [0.717, 1.165) is 34.1 Å². The summed E-state index contributed by atoms with van der Waals surface area (Å²) in [6, 6.07) is 22.6. The minimum atomic E-state index is -0.262. The number of amides is 1. The Bertz CT molecular complexity index is 1380. The Labute approximate surface area is 219 Å². The maximum absolute atomic E-state index is 12.6. The molecule has 0 aliphatic heterocycles. The predicted molar refractivity (Wildman–Crippen MR) is 144 cm³/mol. The number of thioether (sulfide) groups is 1. The fraction of sp³-hybridized carbons (Fsp3) is 0.185. The van der Waals surface area contributed by atoms with Gasteiger partial charge >= 0.3 is 0 Å². The lowest BCUT2D eigenvalue weighted by molar-refractivity contribution is -0.118. The third-order valence-corrected chi connectivity index (χ3v) is 6.41. The SMILES string of the molecule is COc1ccc(-c2nnc(SCC(=O)N/N=C(\C)c3cccc(OC)c3)n2-c2ccc(OC)cc2)cc1. The lowest BCUT2D eigenvalue weighted by Crippen LogP contribution is -2.21. The summed E-state index contributed by atoms with van der Waals surface area (Å²) in [4.78, 5) is 12.6. The van der Waals surface area contributed by atoms with Gasteiger partial charge < -0.3 is 14.2 Å². The fourth-order valence-corrected chi connectivity index (χ4v) is 4.22. The largest absolute Gasteiger partial charge is 0.497 e. The molecule has 37 heavy (non-hydrogen) atoms. The van der Waals surface area contributed by atoms with Gasteiger partial charge in [0.15, 0.2) is 11.0 Å². The molecule has 0 radical (unpaired) electrons. The zero-order chi connectivity index (χ0) is 26.2. The predicted octanol–water partition coefficient (Wildman–Crippen LogP) is 4.59. The summed E-state index contributed by atoms with van der Waals surface area (Å²) < 4.78 is 17.7. The van der Waals surface area contributed by atoms with E-state index in [-0.39, 0.29) is 11.7 Å². The Kier molecular flexibility index (Phi) is 8.42. The Morgan fingerprint density at radius 2 is 1.54 bits per heavy atom. The van der Waals surface area contributed by atoms with Crippen LogP contribution in [0.5, 0.6) is 17.2 Å². The quantitative estimate of drug-likeness (QED) is 0.187. The molecular formula is C27H27N5O4S. The molecule has 10 heteroatoms. The van der Waals surface area contributed by atoms with Gasteiger partial charge in [0.25, 0.3) is 5.91 Å². The lowest BCUT2D eigenvalue weighted by atomic mass is 10.1. The first kappa shape index (κ1) is 25.8. The number of hydrogen-bond donors (Lipinski definition) is 1. The van der Waals surface area contributed by atoms with E-state index in [4.69, 9.17) is 14.2 Å². The minimum absolute atomic E-state index is 0.103. The van der Waals surface area contributed by atoms with Crippen molar-refractivity contribution < 1.29 is 19.0 Å². The first-order chi connectivity index (χ1) is 18.0. The van der Waals surface area contributed by atoms with E-state index in [2.05, 4.69) is 20.7 Å². The molecule has 0 fully saturated rings. The molecule has 4 aromatic rings. The summed E-state index contributed by atoms with van der Waals surface area (Å²) in [5, 5.41) is 13.6. The van der Waals surface area contributed by atoms with E-state index in [0.29, 0.717) is 16.7 Å². The molecule has 9 nitrogen and oxygen atoms in total. The third kappa shape index (κ3) is 6.28. The van der Waals surface area contributed by atoms with Gasteiger partial charge in [-0.15, -0.1) is 10.2 Å². The molecule has 0 aliphatic carbocycles. The highest BCUT2D eigenvalue weighted by Crippen LogP contribution is 2.29. The average molecular weight is 518 g/mol. The lowest BCUT2D eigenvalue weighted by Gasteiger charge is -2.11. The first-order valence-electron chi connectivity index (χ1n) is 11.4. The van der Waals surface area contributed by atoms with Crippen LogP contribution in [0.15, 0.2) is 83.1 Å². The van der Waals surface area contributed by atoms with Crippen molar-refractivity contribution in [3.63, 3.8) is 0 Å². The Morgan fingerprint density at radius 3 is 2.19 bits per heavy atom. The van der Waals surface area contributed by atoms with Crippen molar-refractivity contribution >= 4 is 23.4 Å². The normalized spacial score (nSPS) is 11.2. The van der Waals surface area contributed by atoms with Crippen molar-refractivity contribution in [2.75, 3.05) is 27.1 Å². The monoisotopic (exact) mass is 517 g/mol. The molecular weight excluding hydrogens is 490 g/mol. The molecule has 1 amide bonds. The van der Waals surface area contributed by atoms with Crippen LogP contribution in [0.2, 0.25) is 0 Å². The fourth-order valence-electron chi connectivity index (χ4n) is 3.48. The standard InChI is InChI=1S/C27H27N5O4S/c1-18(20-6-5-7-24(16-20)36-4)28-29-25(33)17-37-27-31-30-26(19-8-12-22(34-2)13-9-19)32(27)21-10-14-23(35-3)15-11-21/h5-16H,17H2,1-4H3,(H,29,33)/b28-18+. The Balaban J connectivity index is 1.53. The van der Waals surface area contributed by atoms with E-state index in [1.165, 1.54) is 11.8 Å². The van der Waals surface area contributed by atoms with Crippen LogP contribution in [0.4, 0.5) is 0 Å². The van der Waals surface area contributed by atoms with Crippen molar-refractivity contribution in [1.82, 2.24) is 20.2 Å².